The predicted octanol–water partition coefficient (Wildman–Crippen LogP) is 2.68. The Kier molecular flexibility index (Phi) is 4.51. The minimum atomic E-state index is -1.01. The second-order valence-electron chi connectivity index (χ2n) is 3.75. The van der Waals surface area contributed by atoms with Gasteiger partial charge in [0, 0.05) is 10.5 Å². The van der Waals surface area contributed by atoms with E-state index in [2.05, 4.69) is 26.6 Å². The van der Waals surface area contributed by atoms with E-state index in [-0.39, 0.29) is 17.6 Å². The number of anilines is 1. The number of carboxylic acid groups (broad SMARTS) is 1. The molecule has 0 aliphatic carbocycles. The third-order valence-electron chi connectivity index (χ3n) is 1.88. The fourth-order valence-corrected chi connectivity index (χ4v) is 1.65. The largest absolute Gasteiger partial charge is 0.478 e. The van der Waals surface area contributed by atoms with Gasteiger partial charge in [-0.2, -0.15) is 0 Å². The number of benzene rings is 1. The molecule has 0 fully saturated rings. The lowest BCUT2D eigenvalue weighted by molar-refractivity contribution is 0.0697. The number of carboxylic acids is 1. The lowest BCUT2D eigenvalue weighted by Crippen LogP contribution is -2.34. The molecule has 92 valence electrons. The fourth-order valence-electron chi connectivity index (χ4n) is 1.17. The molecular formula is C11H13BrN2O3. The summed E-state index contributed by atoms with van der Waals surface area (Å²) in [6.45, 7) is 3.70. The Labute approximate surface area is 107 Å². The molecule has 2 amide bonds. The molecule has 17 heavy (non-hydrogen) atoms. The smallest absolute Gasteiger partial charge is 0.335 e. The Morgan fingerprint density at radius 3 is 2.47 bits per heavy atom. The molecule has 1 rings (SSSR count). The standard InChI is InChI=1S/C11H13BrN2O3/c1-6(2)13-11(17)14-9-4-3-7(10(15)16)5-8(9)12/h3-6H,1-2H3,(H,15,16)(H2,13,14,17). The number of hydrogen-bond donors (Lipinski definition) is 3. The molecule has 0 aliphatic heterocycles. The molecule has 0 unspecified atom stereocenters. The van der Waals surface area contributed by atoms with Crippen molar-refractivity contribution in [3.05, 3.63) is 28.2 Å². The highest BCUT2D eigenvalue weighted by Crippen LogP contribution is 2.23. The van der Waals surface area contributed by atoms with E-state index in [1.165, 1.54) is 18.2 Å². The molecule has 5 nitrogen and oxygen atoms in total. The number of aromatic carboxylic acids is 1. The van der Waals surface area contributed by atoms with Crippen molar-refractivity contribution in [2.24, 2.45) is 0 Å². The van der Waals surface area contributed by atoms with Crippen molar-refractivity contribution in [2.45, 2.75) is 19.9 Å². The van der Waals surface area contributed by atoms with Crippen LogP contribution < -0.4 is 10.6 Å². The number of carbonyl (C=O) groups excluding carboxylic acids is 1. The summed E-state index contributed by atoms with van der Waals surface area (Å²) in [5.41, 5.74) is 0.680. The topological polar surface area (TPSA) is 78.4 Å². The van der Waals surface area contributed by atoms with E-state index in [0.717, 1.165) is 0 Å². The van der Waals surface area contributed by atoms with E-state index in [1.807, 2.05) is 13.8 Å². The number of nitrogens with one attached hydrogen (secondary N) is 2. The highest BCUT2D eigenvalue weighted by atomic mass is 79.9. The quantitative estimate of drug-likeness (QED) is 0.803. The van der Waals surface area contributed by atoms with Gasteiger partial charge in [0.05, 0.1) is 11.3 Å². The first-order valence-corrected chi connectivity index (χ1v) is 5.80. The molecule has 0 spiro atoms. The van der Waals surface area contributed by atoms with Crippen LogP contribution in [0.1, 0.15) is 24.2 Å². The predicted molar refractivity (Wildman–Crippen MR) is 68.4 cm³/mol. The van der Waals surface area contributed by atoms with Gasteiger partial charge in [0.15, 0.2) is 0 Å². The van der Waals surface area contributed by atoms with Crippen molar-refractivity contribution >= 4 is 33.6 Å². The van der Waals surface area contributed by atoms with Gasteiger partial charge >= 0.3 is 12.0 Å². The van der Waals surface area contributed by atoms with Gasteiger partial charge in [0.1, 0.15) is 0 Å². The van der Waals surface area contributed by atoms with Crippen LogP contribution in [0.5, 0.6) is 0 Å². The molecule has 0 atom stereocenters. The van der Waals surface area contributed by atoms with Crippen LogP contribution in [0.15, 0.2) is 22.7 Å². The Morgan fingerprint density at radius 1 is 1.35 bits per heavy atom. The second kappa shape index (κ2) is 5.67. The van der Waals surface area contributed by atoms with Crippen molar-refractivity contribution in [3.63, 3.8) is 0 Å². The number of carbonyl (C=O) groups is 2. The maximum absolute atomic E-state index is 11.4. The molecule has 1 aromatic carbocycles. The minimum absolute atomic E-state index is 0.0343. The van der Waals surface area contributed by atoms with Gasteiger partial charge in [-0.3, -0.25) is 0 Å². The van der Waals surface area contributed by atoms with Crippen LogP contribution in [-0.4, -0.2) is 23.1 Å². The van der Waals surface area contributed by atoms with Gasteiger partial charge < -0.3 is 15.7 Å². The molecular weight excluding hydrogens is 288 g/mol. The number of rotatable bonds is 3. The number of halogens is 1. The average Bonchev–Trinajstić information content (AvgIpc) is 2.19. The van der Waals surface area contributed by atoms with Crippen molar-refractivity contribution < 1.29 is 14.7 Å². The van der Waals surface area contributed by atoms with Gasteiger partial charge in [-0.25, -0.2) is 9.59 Å². The summed E-state index contributed by atoms with van der Waals surface area (Å²) in [6, 6.07) is 4.11. The Morgan fingerprint density at radius 2 is 2.00 bits per heavy atom. The van der Waals surface area contributed by atoms with Gasteiger partial charge in [-0.1, -0.05) is 0 Å². The highest BCUT2D eigenvalue weighted by molar-refractivity contribution is 9.10. The maximum atomic E-state index is 11.4. The lowest BCUT2D eigenvalue weighted by atomic mass is 10.2. The van der Waals surface area contributed by atoms with Crippen molar-refractivity contribution in [2.75, 3.05) is 5.32 Å². The van der Waals surface area contributed by atoms with Gasteiger partial charge in [0.25, 0.3) is 0 Å². The van der Waals surface area contributed by atoms with Crippen LogP contribution in [0, 0.1) is 0 Å². The van der Waals surface area contributed by atoms with Gasteiger partial charge in [-0.05, 0) is 48.0 Å². The summed E-state index contributed by atoms with van der Waals surface area (Å²) in [5, 5.41) is 14.1. The Bertz CT molecular complexity index is 446. The van der Waals surface area contributed by atoms with Gasteiger partial charge in [-0.15, -0.1) is 0 Å². The summed E-state index contributed by atoms with van der Waals surface area (Å²) in [6.07, 6.45) is 0. The van der Waals surface area contributed by atoms with E-state index < -0.39 is 5.97 Å². The number of hydrogen-bond acceptors (Lipinski definition) is 2. The first-order chi connectivity index (χ1) is 7.90. The second-order valence-corrected chi connectivity index (χ2v) is 4.61. The number of urea groups is 1. The Balaban J connectivity index is 2.79. The lowest BCUT2D eigenvalue weighted by Gasteiger charge is -2.11. The summed E-state index contributed by atoms with van der Waals surface area (Å²) in [7, 11) is 0. The molecule has 0 heterocycles. The molecule has 3 N–H and O–H groups in total. The maximum Gasteiger partial charge on any atom is 0.335 e. The van der Waals surface area contributed by atoms with Crippen LogP contribution >= 0.6 is 15.9 Å². The average molecular weight is 301 g/mol. The fraction of sp³-hybridized carbons (Fsp3) is 0.273. The third kappa shape index (κ3) is 4.07. The monoisotopic (exact) mass is 300 g/mol. The molecule has 0 aromatic heterocycles. The van der Waals surface area contributed by atoms with Crippen molar-refractivity contribution in [3.8, 4) is 0 Å². The van der Waals surface area contributed by atoms with E-state index in [0.29, 0.717) is 10.2 Å². The van der Waals surface area contributed by atoms with E-state index in [4.69, 9.17) is 5.11 Å². The number of amides is 2. The highest BCUT2D eigenvalue weighted by Gasteiger charge is 2.09. The summed E-state index contributed by atoms with van der Waals surface area (Å²) < 4.78 is 0.524. The zero-order valence-electron chi connectivity index (χ0n) is 9.45. The summed E-state index contributed by atoms with van der Waals surface area (Å²) in [4.78, 5) is 22.1. The SMILES string of the molecule is CC(C)NC(=O)Nc1ccc(C(=O)O)cc1Br. The first-order valence-electron chi connectivity index (χ1n) is 5.00. The molecule has 0 bridgehead atoms. The van der Waals surface area contributed by atoms with Gasteiger partial charge in [0.2, 0.25) is 0 Å². The van der Waals surface area contributed by atoms with Crippen LogP contribution in [0.4, 0.5) is 10.5 Å². The van der Waals surface area contributed by atoms with Crippen molar-refractivity contribution in [1.29, 1.82) is 0 Å². The normalized spacial score (nSPS) is 10.1. The molecule has 0 saturated heterocycles. The minimum Gasteiger partial charge on any atom is -0.478 e. The van der Waals surface area contributed by atoms with Crippen LogP contribution in [-0.2, 0) is 0 Å². The Hall–Kier alpha value is -1.56. The van der Waals surface area contributed by atoms with E-state index >= 15 is 0 Å². The van der Waals surface area contributed by atoms with Crippen LogP contribution in [0.25, 0.3) is 0 Å². The van der Waals surface area contributed by atoms with Crippen LogP contribution in [0.2, 0.25) is 0 Å². The van der Waals surface area contributed by atoms with Crippen LogP contribution in [0.3, 0.4) is 0 Å². The van der Waals surface area contributed by atoms with Crippen molar-refractivity contribution in [1.82, 2.24) is 5.32 Å². The molecule has 0 radical (unpaired) electrons. The molecule has 1 aromatic rings. The molecule has 0 saturated carbocycles. The van der Waals surface area contributed by atoms with E-state index in [1.54, 1.807) is 0 Å². The summed E-state index contributed by atoms with van der Waals surface area (Å²) >= 11 is 3.20. The first kappa shape index (κ1) is 13.5. The van der Waals surface area contributed by atoms with E-state index in [9.17, 15) is 9.59 Å². The molecule has 6 heteroatoms. The summed E-state index contributed by atoms with van der Waals surface area (Å²) in [5.74, 6) is -1.01. The zero-order chi connectivity index (χ0) is 13.0. The zero-order valence-corrected chi connectivity index (χ0v) is 11.0. The third-order valence-corrected chi connectivity index (χ3v) is 2.54. The molecule has 0 aliphatic rings.